The predicted octanol–water partition coefficient (Wildman–Crippen LogP) is 2.75. The Kier molecular flexibility index (Phi) is 6.94. The Morgan fingerprint density at radius 3 is 1.90 bits per heavy atom. The van der Waals surface area contributed by atoms with Gasteiger partial charge in [-0.05, 0) is 57.0 Å². The number of aliphatic hydroxyl groups is 1. The first-order chi connectivity index (χ1) is 9.51. The molecule has 0 heterocycles. The van der Waals surface area contributed by atoms with Gasteiger partial charge in [-0.25, -0.2) is 0 Å². The Bertz CT molecular complexity index is 429. The molecule has 110 valence electrons. The standard InChI is InChI=1S/C16H25N3O/c1-12(2)18-10-14-7-15(11-19-13(3)4)9-16(8-14)17-5-6-20/h7-13,17,20H,5-6H2,1-4H3/b18-10+,19-11+. The van der Waals surface area contributed by atoms with Crippen LogP contribution >= 0.6 is 0 Å². The highest BCUT2D eigenvalue weighted by molar-refractivity contribution is 5.88. The first-order valence-corrected chi connectivity index (χ1v) is 7.07. The lowest BCUT2D eigenvalue weighted by atomic mass is 10.1. The summed E-state index contributed by atoms with van der Waals surface area (Å²) in [6.07, 6.45) is 3.75. The average Bonchev–Trinajstić information content (AvgIpc) is 2.40. The number of nitrogens with zero attached hydrogens (tertiary/aromatic N) is 2. The summed E-state index contributed by atoms with van der Waals surface area (Å²) in [5.74, 6) is 0. The van der Waals surface area contributed by atoms with E-state index in [9.17, 15) is 0 Å². The van der Waals surface area contributed by atoms with Crippen molar-refractivity contribution in [1.82, 2.24) is 0 Å². The van der Waals surface area contributed by atoms with E-state index >= 15 is 0 Å². The van der Waals surface area contributed by atoms with E-state index in [1.54, 1.807) is 0 Å². The summed E-state index contributed by atoms with van der Waals surface area (Å²) >= 11 is 0. The second kappa shape index (κ2) is 8.48. The molecule has 2 N–H and O–H groups in total. The van der Waals surface area contributed by atoms with E-state index in [1.807, 2.05) is 52.3 Å². The SMILES string of the molecule is CC(C)/N=C/c1cc(/C=N/C(C)C)cc(NCCO)c1. The van der Waals surface area contributed by atoms with Crippen molar-refractivity contribution in [1.29, 1.82) is 0 Å². The number of nitrogens with one attached hydrogen (secondary N) is 1. The molecule has 0 fully saturated rings. The van der Waals surface area contributed by atoms with Crippen molar-refractivity contribution in [2.24, 2.45) is 9.98 Å². The van der Waals surface area contributed by atoms with Crippen molar-refractivity contribution in [3.05, 3.63) is 29.3 Å². The smallest absolute Gasteiger partial charge is 0.0604 e. The predicted molar refractivity (Wildman–Crippen MR) is 87.5 cm³/mol. The molecule has 0 saturated heterocycles. The molecule has 4 nitrogen and oxygen atoms in total. The molecule has 1 aromatic carbocycles. The second-order valence-electron chi connectivity index (χ2n) is 5.28. The number of aliphatic hydroxyl groups excluding tert-OH is 1. The molecule has 0 aliphatic rings. The van der Waals surface area contributed by atoms with E-state index in [-0.39, 0.29) is 18.7 Å². The number of anilines is 1. The minimum Gasteiger partial charge on any atom is -0.395 e. The molecule has 0 spiro atoms. The van der Waals surface area contributed by atoms with E-state index in [0.717, 1.165) is 16.8 Å². The molecule has 1 rings (SSSR count). The van der Waals surface area contributed by atoms with Crippen molar-refractivity contribution in [2.75, 3.05) is 18.5 Å². The molecule has 0 amide bonds. The Labute approximate surface area is 121 Å². The van der Waals surface area contributed by atoms with Crippen LogP contribution in [0, 0.1) is 0 Å². The largest absolute Gasteiger partial charge is 0.395 e. The molecular weight excluding hydrogens is 250 g/mol. The maximum Gasteiger partial charge on any atom is 0.0604 e. The van der Waals surface area contributed by atoms with Gasteiger partial charge in [-0.3, -0.25) is 9.98 Å². The summed E-state index contributed by atoms with van der Waals surface area (Å²) in [6, 6.07) is 6.65. The summed E-state index contributed by atoms with van der Waals surface area (Å²) in [7, 11) is 0. The van der Waals surface area contributed by atoms with Crippen molar-refractivity contribution >= 4 is 18.1 Å². The van der Waals surface area contributed by atoms with Crippen LogP contribution in [0.1, 0.15) is 38.8 Å². The highest BCUT2D eigenvalue weighted by Gasteiger charge is 1.99. The molecule has 4 heteroatoms. The first kappa shape index (κ1) is 16.4. The molecule has 0 aliphatic carbocycles. The van der Waals surface area contributed by atoms with Gasteiger partial charge in [-0.2, -0.15) is 0 Å². The lowest BCUT2D eigenvalue weighted by Gasteiger charge is -2.08. The zero-order valence-corrected chi connectivity index (χ0v) is 12.8. The molecule has 0 bridgehead atoms. The minimum absolute atomic E-state index is 0.111. The van der Waals surface area contributed by atoms with Crippen molar-refractivity contribution in [2.45, 2.75) is 39.8 Å². The van der Waals surface area contributed by atoms with Crippen LogP contribution in [0.25, 0.3) is 0 Å². The number of rotatable bonds is 7. The van der Waals surface area contributed by atoms with Gasteiger partial charge in [0.2, 0.25) is 0 Å². The monoisotopic (exact) mass is 275 g/mol. The van der Waals surface area contributed by atoms with Crippen LogP contribution in [0.15, 0.2) is 28.2 Å². The van der Waals surface area contributed by atoms with Crippen LogP contribution in [0.5, 0.6) is 0 Å². The van der Waals surface area contributed by atoms with Crippen LogP contribution < -0.4 is 5.32 Å². The van der Waals surface area contributed by atoms with Gasteiger partial charge >= 0.3 is 0 Å². The van der Waals surface area contributed by atoms with Crippen molar-refractivity contribution in [3.63, 3.8) is 0 Å². The van der Waals surface area contributed by atoms with Crippen molar-refractivity contribution < 1.29 is 5.11 Å². The molecule has 0 unspecified atom stereocenters. The molecule has 0 radical (unpaired) electrons. The second-order valence-corrected chi connectivity index (χ2v) is 5.28. The maximum absolute atomic E-state index is 8.90. The van der Waals surface area contributed by atoms with Gasteiger partial charge in [0.25, 0.3) is 0 Å². The number of benzene rings is 1. The van der Waals surface area contributed by atoms with Crippen LogP contribution in [0.2, 0.25) is 0 Å². The number of aliphatic imine (C=N–C) groups is 2. The van der Waals surface area contributed by atoms with E-state index in [4.69, 9.17) is 5.11 Å². The van der Waals surface area contributed by atoms with Gasteiger partial charge in [0.05, 0.1) is 6.61 Å². The Hall–Kier alpha value is -1.68. The van der Waals surface area contributed by atoms with Gasteiger partial charge in [-0.1, -0.05) is 0 Å². The molecule has 0 atom stereocenters. The van der Waals surface area contributed by atoms with Crippen LogP contribution in [0.3, 0.4) is 0 Å². The van der Waals surface area contributed by atoms with Gasteiger partial charge in [-0.15, -0.1) is 0 Å². The minimum atomic E-state index is 0.111. The molecule has 0 saturated carbocycles. The fraction of sp³-hybridized carbons (Fsp3) is 0.500. The summed E-state index contributed by atoms with van der Waals surface area (Å²) in [4.78, 5) is 8.81. The van der Waals surface area contributed by atoms with Crippen LogP contribution in [-0.4, -0.2) is 42.8 Å². The van der Waals surface area contributed by atoms with E-state index in [0.29, 0.717) is 6.54 Å². The first-order valence-electron chi connectivity index (χ1n) is 7.07. The molecule has 1 aromatic rings. The summed E-state index contributed by atoms with van der Waals surface area (Å²) < 4.78 is 0. The lowest BCUT2D eigenvalue weighted by Crippen LogP contribution is -2.06. The van der Waals surface area contributed by atoms with Crippen LogP contribution in [-0.2, 0) is 0 Å². The fourth-order valence-corrected chi connectivity index (χ4v) is 1.60. The third kappa shape index (κ3) is 6.48. The Morgan fingerprint density at radius 2 is 1.50 bits per heavy atom. The summed E-state index contributed by atoms with van der Waals surface area (Å²) in [5, 5.41) is 12.1. The molecule has 0 aromatic heterocycles. The third-order valence-electron chi connectivity index (χ3n) is 2.46. The fourth-order valence-electron chi connectivity index (χ4n) is 1.60. The quantitative estimate of drug-likeness (QED) is 0.752. The number of hydrogen-bond acceptors (Lipinski definition) is 4. The maximum atomic E-state index is 8.90. The van der Waals surface area contributed by atoms with Crippen molar-refractivity contribution in [3.8, 4) is 0 Å². The highest BCUT2D eigenvalue weighted by atomic mass is 16.3. The van der Waals surface area contributed by atoms with Gasteiger partial charge in [0.15, 0.2) is 0 Å². The van der Waals surface area contributed by atoms with E-state index in [2.05, 4.69) is 21.4 Å². The van der Waals surface area contributed by atoms with Gasteiger partial charge in [0.1, 0.15) is 0 Å². The molecule has 0 aliphatic heterocycles. The zero-order valence-electron chi connectivity index (χ0n) is 12.8. The van der Waals surface area contributed by atoms with Crippen LogP contribution in [0.4, 0.5) is 5.69 Å². The lowest BCUT2D eigenvalue weighted by molar-refractivity contribution is 0.311. The average molecular weight is 275 g/mol. The summed E-state index contributed by atoms with van der Waals surface area (Å²) in [5.41, 5.74) is 3.04. The highest BCUT2D eigenvalue weighted by Crippen LogP contribution is 2.13. The van der Waals surface area contributed by atoms with Gasteiger partial charge in [0, 0.05) is 36.7 Å². The zero-order chi connectivity index (χ0) is 15.0. The molecular formula is C16H25N3O. The van der Waals surface area contributed by atoms with E-state index < -0.39 is 0 Å². The molecule has 20 heavy (non-hydrogen) atoms. The number of hydrogen-bond donors (Lipinski definition) is 2. The van der Waals surface area contributed by atoms with Gasteiger partial charge < -0.3 is 10.4 Å². The topological polar surface area (TPSA) is 57.0 Å². The summed E-state index contributed by atoms with van der Waals surface area (Å²) in [6.45, 7) is 8.83. The van der Waals surface area contributed by atoms with E-state index in [1.165, 1.54) is 0 Å². The normalized spacial score (nSPS) is 12.2. The third-order valence-corrected chi connectivity index (χ3v) is 2.46. The Balaban J connectivity index is 3.00. The Morgan fingerprint density at radius 1 is 1.00 bits per heavy atom.